The number of hydrogen-bond acceptors (Lipinski definition) is 3. The van der Waals surface area contributed by atoms with Gasteiger partial charge < -0.3 is 14.8 Å². The van der Waals surface area contributed by atoms with E-state index >= 15 is 0 Å². The lowest BCUT2D eigenvalue weighted by atomic mass is 10.1. The topological polar surface area (TPSA) is 91.9 Å². The van der Waals surface area contributed by atoms with E-state index in [2.05, 4.69) is 4.99 Å². The summed E-state index contributed by atoms with van der Waals surface area (Å²) in [4.78, 5) is 27.2. The lowest BCUT2D eigenvalue weighted by molar-refractivity contribution is 0.0696. The van der Waals surface area contributed by atoms with Crippen LogP contribution in [0.2, 0.25) is 0 Å². The Morgan fingerprint density at radius 1 is 0.966 bits per heavy atom. The van der Waals surface area contributed by atoms with E-state index < -0.39 is 11.9 Å². The fraction of sp³-hybridized carbons (Fsp3) is 0.136. The van der Waals surface area contributed by atoms with Crippen molar-refractivity contribution in [2.45, 2.75) is 20.8 Å². The molecule has 148 valence electrons. The summed E-state index contributed by atoms with van der Waals surface area (Å²) in [5, 5.41) is 18.6. The molecular formula is C22H19FN2O4. The molecule has 0 aliphatic rings. The summed E-state index contributed by atoms with van der Waals surface area (Å²) in [7, 11) is 0. The van der Waals surface area contributed by atoms with Crippen LogP contribution in [0.5, 0.6) is 0 Å². The molecule has 0 radical (unpaired) electrons. The summed E-state index contributed by atoms with van der Waals surface area (Å²) >= 11 is 0. The second-order valence-electron chi connectivity index (χ2n) is 6.73. The van der Waals surface area contributed by atoms with Crippen LogP contribution in [0.15, 0.2) is 47.5 Å². The monoisotopic (exact) mass is 394 g/mol. The molecule has 0 unspecified atom stereocenters. The van der Waals surface area contributed by atoms with E-state index in [-0.39, 0.29) is 16.9 Å². The minimum atomic E-state index is -1.20. The fourth-order valence-corrected chi connectivity index (χ4v) is 3.16. The molecule has 0 bridgehead atoms. The molecule has 1 aromatic heterocycles. The molecule has 3 aromatic rings. The maximum absolute atomic E-state index is 13.4. The lowest BCUT2D eigenvalue weighted by Gasteiger charge is -2.12. The molecule has 0 amide bonds. The van der Waals surface area contributed by atoms with Crippen molar-refractivity contribution in [3.05, 3.63) is 81.9 Å². The SMILES string of the molecule is Cc1cc(N=Cc2cc(C)n(-c3cc(C(=O)O)cc(C(=O)O)c3)c2C)ccc1F. The summed E-state index contributed by atoms with van der Waals surface area (Å²) in [6, 6.07) is 10.4. The zero-order valence-corrected chi connectivity index (χ0v) is 16.1. The van der Waals surface area contributed by atoms with Crippen molar-refractivity contribution in [1.82, 2.24) is 4.57 Å². The minimum Gasteiger partial charge on any atom is -0.478 e. The summed E-state index contributed by atoms with van der Waals surface area (Å²) in [6.07, 6.45) is 1.64. The van der Waals surface area contributed by atoms with E-state index in [9.17, 15) is 24.2 Å². The molecule has 2 aromatic carbocycles. The Bertz CT molecular complexity index is 1130. The summed E-state index contributed by atoms with van der Waals surface area (Å²) in [5.74, 6) is -2.70. The largest absolute Gasteiger partial charge is 0.478 e. The first kappa shape index (κ1) is 20.0. The highest BCUT2D eigenvalue weighted by molar-refractivity contribution is 5.95. The number of carbonyl (C=O) groups is 2. The van der Waals surface area contributed by atoms with E-state index in [0.717, 1.165) is 23.0 Å². The van der Waals surface area contributed by atoms with Crippen molar-refractivity contribution in [1.29, 1.82) is 0 Å². The van der Waals surface area contributed by atoms with Gasteiger partial charge in [-0.1, -0.05) is 0 Å². The summed E-state index contributed by atoms with van der Waals surface area (Å²) in [5.41, 5.74) is 3.67. The molecular weight excluding hydrogens is 375 g/mol. The zero-order chi connectivity index (χ0) is 21.3. The van der Waals surface area contributed by atoms with Crippen LogP contribution in [-0.4, -0.2) is 32.9 Å². The number of nitrogens with zero attached hydrogens (tertiary/aromatic N) is 2. The predicted molar refractivity (Wildman–Crippen MR) is 108 cm³/mol. The number of hydrogen-bond donors (Lipinski definition) is 2. The zero-order valence-electron chi connectivity index (χ0n) is 16.1. The van der Waals surface area contributed by atoms with Gasteiger partial charge in [0.25, 0.3) is 0 Å². The van der Waals surface area contributed by atoms with Crippen molar-refractivity contribution < 1.29 is 24.2 Å². The Morgan fingerprint density at radius 3 is 2.14 bits per heavy atom. The van der Waals surface area contributed by atoms with Crippen LogP contribution in [0.1, 0.15) is 43.2 Å². The predicted octanol–water partition coefficient (Wildman–Crippen LogP) is 4.69. The number of aromatic nitrogens is 1. The maximum Gasteiger partial charge on any atom is 0.335 e. The number of halogens is 1. The maximum atomic E-state index is 13.4. The molecule has 3 rings (SSSR count). The molecule has 1 heterocycles. The van der Waals surface area contributed by atoms with Crippen molar-refractivity contribution in [2.75, 3.05) is 0 Å². The van der Waals surface area contributed by atoms with Gasteiger partial charge in [0, 0.05) is 28.9 Å². The van der Waals surface area contributed by atoms with Gasteiger partial charge in [-0.05, 0) is 68.8 Å². The van der Waals surface area contributed by atoms with Crippen molar-refractivity contribution >= 4 is 23.8 Å². The molecule has 0 atom stereocenters. The quantitative estimate of drug-likeness (QED) is 0.614. The second-order valence-corrected chi connectivity index (χ2v) is 6.73. The van der Waals surface area contributed by atoms with Crippen LogP contribution < -0.4 is 0 Å². The van der Waals surface area contributed by atoms with Gasteiger partial charge in [-0.15, -0.1) is 0 Å². The highest BCUT2D eigenvalue weighted by Gasteiger charge is 2.16. The van der Waals surface area contributed by atoms with E-state index in [1.165, 1.54) is 18.2 Å². The highest BCUT2D eigenvalue weighted by Crippen LogP contribution is 2.23. The van der Waals surface area contributed by atoms with E-state index in [4.69, 9.17) is 0 Å². The van der Waals surface area contributed by atoms with E-state index in [1.54, 1.807) is 29.8 Å². The van der Waals surface area contributed by atoms with E-state index in [0.29, 0.717) is 16.9 Å². The highest BCUT2D eigenvalue weighted by atomic mass is 19.1. The van der Waals surface area contributed by atoms with Gasteiger partial charge in [0.1, 0.15) is 5.82 Å². The van der Waals surface area contributed by atoms with Crippen LogP contribution in [0, 0.1) is 26.6 Å². The molecule has 0 aliphatic carbocycles. The molecule has 6 nitrogen and oxygen atoms in total. The average molecular weight is 394 g/mol. The third kappa shape index (κ3) is 4.08. The van der Waals surface area contributed by atoms with Crippen LogP contribution in [-0.2, 0) is 0 Å². The molecule has 7 heteroatoms. The number of carboxylic acids is 2. The Balaban J connectivity index is 2.06. The standard InChI is InChI=1S/C22H19FN2O4/c1-12-6-18(4-5-20(12)23)24-11-17-7-13(2)25(14(17)3)19-9-15(21(26)27)8-16(10-19)22(28)29/h4-11H,1-3H3,(H,26,27)(H,28,29). The first-order chi connectivity index (χ1) is 13.7. The smallest absolute Gasteiger partial charge is 0.335 e. The normalized spacial score (nSPS) is 11.2. The van der Waals surface area contributed by atoms with Crippen LogP contribution in [0.4, 0.5) is 10.1 Å². The van der Waals surface area contributed by atoms with Crippen molar-refractivity contribution in [2.24, 2.45) is 4.99 Å². The van der Waals surface area contributed by atoms with Gasteiger partial charge in [-0.2, -0.15) is 0 Å². The third-order valence-corrected chi connectivity index (χ3v) is 4.63. The first-order valence-corrected chi connectivity index (χ1v) is 8.78. The van der Waals surface area contributed by atoms with Gasteiger partial charge >= 0.3 is 11.9 Å². The van der Waals surface area contributed by atoms with Crippen LogP contribution in [0.3, 0.4) is 0 Å². The van der Waals surface area contributed by atoms with Gasteiger partial charge in [0.05, 0.1) is 16.8 Å². The van der Waals surface area contributed by atoms with E-state index in [1.807, 2.05) is 19.9 Å². The molecule has 0 aliphatic heterocycles. The summed E-state index contributed by atoms with van der Waals surface area (Å²) in [6.45, 7) is 5.33. The lowest BCUT2D eigenvalue weighted by Crippen LogP contribution is -2.07. The van der Waals surface area contributed by atoms with Crippen LogP contribution >= 0.6 is 0 Å². The molecule has 0 saturated carbocycles. The van der Waals surface area contributed by atoms with Gasteiger partial charge in [0.15, 0.2) is 0 Å². The number of benzene rings is 2. The molecule has 0 spiro atoms. The Labute approximate surface area is 166 Å². The van der Waals surface area contributed by atoms with Crippen molar-refractivity contribution in [3.63, 3.8) is 0 Å². The van der Waals surface area contributed by atoms with Gasteiger partial charge in [-0.25, -0.2) is 14.0 Å². The van der Waals surface area contributed by atoms with Gasteiger partial charge in [-0.3, -0.25) is 4.99 Å². The van der Waals surface area contributed by atoms with Crippen molar-refractivity contribution in [3.8, 4) is 5.69 Å². The number of aliphatic imine (C=N–C) groups is 1. The number of carboxylic acid groups (broad SMARTS) is 2. The Hall–Kier alpha value is -3.74. The average Bonchev–Trinajstić information content (AvgIpc) is 2.95. The third-order valence-electron chi connectivity index (χ3n) is 4.63. The molecule has 0 fully saturated rings. The number of aryl methyl sites for hydroxylation is 2. The number of rotatable bonds is 5. The Kier molecular flexibility index (Phi) is 5.32. The molecule has 29 heavy (non-hydrogen) atoms. The molecule has 0 saturated heterocycles. The van der Waals surface area contributed by atoms with Crippen LogP contribution in [0.25, 0.3) is 5.69 Å². The second kappa shape index (κ2) is 7.71. The fourth-order valence-electron chi connectivity index (χ4n) is 3.16. The minimum absolute atomic E-state index is 0.107. The number of aromatic carboxylic acids is 2. The Morgan fingerprint density at radius 2 is 1.59 bits per heavy atom. The van der Waals surface area contributed by atoms with Gasteiger partial charge in [0.2, 0.25) is 0 Å². The first-order valence-electron chi connectivity index (χ1n) is 8.78. The summed E-state index contributed by atoms with van der Waals surface area (Å²) < 4.78 is 15.2. The molecule has 2 N–H and O–H groups in total.